The van der Waals surface area contributed by atoms with E-state index in [9.17, 15) is 26.4 Å². The molecule has 0 unspecified atom stereocenters. The zero-order valence-electron chi connectivity index (χ0n) is 11.8. The molecular formula is C13H12F3N3O3S. The standard InChI is InChI=1S/C13H12F3N3O3S/c1-19-8-4-6-10(19)12(20)17-18-23(21,22)11-7-3-2-5-9(11)13(14,15)16/h2-8,18H,1H3,(H,17,20). The van der Waals surface area contributed by atoms with Gasteiger partial charge in [0.15, 0.2) is 0 Å². The zero-order chi connectivity index (χ0) is 17.3. The molecule has 0 fully saturated rings. The van der Waals surface area contributed by atoms with Gasteiger partial charge in [0.05, 0.1) is 10.5 Å². The molecule has 124 valence electrons. The molecule has 2 N–H and O–H groups in total. The van der Waals surface area contributed by atoms with Crippen LogP contribution in [0.2, 0.25) is 0 Å². The number of hydrazine groups is 1. The summed E-state index contributed by atoms with van der Waals surface area (Å²) in [5.41, 5.74) is 0.695. The number of aromatic nitrogens is 1. The highest BCUT2D eigenvalue weighted by Crippen LogP contribution is 2.33. The second-order valence-electron chi connectivity index (χ2n) is 4.56. The summed E-state index contributed by atoms with van der Waals surface area (Å²) >= 11 is 0. The van der Waals surface area contributed by atoms with Crippen LogP contribution in [-0.2, 0) is 23.2 Å². The van der Waals surface area contributed by atoms with Crippen molar-refractivity contribution in [1.29, 1.82) is 0 Å². The number of nitrogens with zero attached hydrogens (tertiary/aromatic N) is 1. The quantitative estimate of drug-likeness (QED) is 0.826. The first-order valence-electron chi connectivity index (χ1n) is 6.22. The number of amides is 1. The highest BCUT2D eigenvalue weighted by molar-refractivity contribution is 7.89. The lowest BCUT2D eigenvalue weighted by Crippen LogP contribution is -2.42. The van der Waals surface area contributed by atoms with Crippen molar-refractivity contribution in [1.82, 2.24) is 14.8 Å². The number of aryl methyl sites for hydroxylation is 1. The molecule has 23 heavy (non-hydrogen) atoms. The lowest BCUT2D eigenvalue weighted by molar-refractivity contribution is -0.139. The molecule has 10 heteroatoms. The number of carbonyl (C=O) groups excluding carboxylic acids is 1. The fourth-order valence-electron chi connectivity index (χ4n) is 1.86. The van der Waals surface area contributed by atoms with Gasteiger partial charge in [-0.25, -0.2) is 8.42 Å². The van der Waals surface area contributed by atoms with Crippen molar-refractivity contribution < 1.29 is 26.4 Å². The Morgan fingerprint density at radius 2 is 1.78 bits per heavy atom. The Hall–Kier alpha value is -2.33. The Labute approximate surface area is 129 Å². The van der Waals surface area contributed by atoms with Gasteiger partial charge in [-0.1, -0.05) is 12.1 Å². The van der Waals surface area contributed by atoms with Crippen LogP contribution in [0.25, 0.3) is 0 Å². The SMILES string of the molecule is Cn1cccc1C(=O)NNS(=O)(=O)c1ccccc1C(F)(F)F. The van der Waals surface area contributed by atoms with Crippen LogP contribution >= 0.6 is 0 Å². The number of nitrogens with one attached hydrogen (secondary N) is 2. The highest BCUT2D eigenvalue weighted by Gasteiger charge is 2.37. The first-order valence-corrected chi connectivity index (χ1v) is 7.71. The van der Waals surface area contributed by atoms with Crippen molar-refractivity contribution in [2.24, 2.45) is 7.05 Å². The van der Waals surface area contributed by atoms with Crippen LogP contribution in [0.1, 0.15) is 16.1 Å². The number of alkyl halides is 3. The zero-order valence-corrected chi connectivity index (χ0v) is 12.6. The van der Waals surface area contributed by atoms with Crippen molar-refractivity contribution >= 4 is 15.9 Å². The Balaban J connectivity index is 2.24. The van der Waals surface area contributed by atoms with E-state index in [-0.39, 0.29) is 5.69 Å². The van der Waals surface area contributed by atoms with E-state index in [4.69, 9.17) is 0 Å². The van der Waals surface area contributed by atoms with Gasteiger partial charge in [-0.3, -0.25) is 10.2 Å². The Morgan fingerprint density at radius 1 is 1.13 bits per heavy atom. The van der Waals surface area contributed by atoms with E-state index in [2.05, 4.69) is 0 Å². The Kier molecular flexibility index (Phi) is 4.48. The molecule has 0 saturated heterocycles. The summed E-state index contributed by atoms with van der Waals surface area (Å²) in [6.45, 7) is 0. The lowest BCUT2D eigenvalue weighted by atomic mass is 10.2. The van der Waals surface area contributed by atoms with Gasteiger partial charge in [0, 0.05) is 13.2 Å². The number of halogens is 3. The predicted molar refractivity (Wildman–Crippen MR) is 74.6 cm³/mol. The summed E-state index contributed by atoms with van der Waals surface area (Å²) in [4.78, 5) is 12.5. The molecule has 1 amide bonds. The van der Waals surface area contributed by atoms with E-state index < -0.39 is 32.6 Å². The second kappa shape index (κ2) is 6.05. The number of sulfonamides is 1. The van der Waals surface area contributed by atoms with Crippen molar-refractivity contribution in [3.63, 3.8) is 0 Å². The van der Waals surface area contributed by atoms with Crippen LogP contribution < -0.4 is 10.3 Å². The summed E-state index contributed by atoms with van der Waals surface area (Å²) in [6.07, 6.45) is -3.28. The lowest BCUT2D eigenvalue weighted by Gasteiger charge is -2.14. The minimum absolute atomic E-state index is 0.136. The van der Waals surface area contributed by atoms with Crippen LogP contribution in [0.3, 0.4) is 0 Å². The normalized spacial score (nSPS) is 12.2. The molecule has 0 spiro atoms. The summed E-state index contributed by atoms with van der Waals surface area (Å²) < 4.78 is 64.1. The van der Waals surface area contributed by atoms with Gasteiger partial charge >= 0.3 is 6.18 Å². The van der Waals surface area contributed by atoms with Crippen LogP contribution in [0.5, 0.6) is 0 Å². The number of rotatable bonds is 4. The van der Waals surface area contributed by atoms with E-state index >= 15 is 0 Å². The van der Waals surface area contributed by atoms with Gasteiger partial charge in [-0.2, -0.15) is 13.2 Å². The first-order chi connectivity index (χ1) is 10.6. The van der Waals surface area contributed by atoms with Gasteiger partial charge in [0.2, 0.25) is 0 Å². The molecule has 1 heterocycles. The molecule has 0 aliphatic rings. The largest absolute Gasteiger partial charge is 0.417 e. The fraction of sp³-hybridized carbons (Fsp3) is 0.154. The maximum atomic E-state index is 12.9. The molecule has 1 aromatic heterocycles. The minimum Gasteiger partial charge on any atom is -0.347 e. The molecule has 0 aliphatic heterocycles. The third-order valence-electron chi connectivity index (χ3n) is 2.96. The molecule has 0 aliphatic carbocycles. The smallest absolute Gasteiger partial charge is 0.347 e. The van der Waals surface area contributed by atoms with Crippen LogP contribution in [0.15, 0.2) is 47.5 Å². The second-order valence-corrected chi connectivity index (χ2v) is 6.21. The van der Waals surface area contributed by atoms with Gasteiger partial charge in [-0.15, -0.1) is 4.83 Å². The van der Waals surface area contributed by atoms with Gasteiger partial charge in [-0.05, 0) is 24.3 Å². The maximum Gasteiger partial charge on any atom is 0.417 e. The molecule has 6 nitrogen and oxygen atoms in total. The van der Waals surface area contributed by atoms with Crippen LogP contribution in [0.4, 0.5) is 13.2 Å². The number of benzene rings is 1. The van der Waals surface area contributed by atoms with E-state index in [1.165, 1.54) is 10.6 Å². The minimum atomic E-state index is -4.84. The molecule has 1 aromatic carbocycles. The average molecular weight is 347 g/mol. The van der Waals surface area contributed by atoms with Gasteiger partial charge in [0.1, 0.15) is 5.69 Å². The molecule has 2 aromatic rings. The number of hydrogen-bond donors (Lipinski definition) is 2. The molecule has 0 bridgehead atoms. The van der Waals surface area contributed by atoms with E-state index in [1.54, 1.807) is 24.1 Å². The van der Waals surface area contributed by atoms with Crippen LogP contribution in [0, 0.1) is 0 Å². The molecule has 0 radical (unpaired) electrons. The van der Waals surface area contributed by atoms with Crippen molar-refractivity contribution in [2.75, 3.05) is 0 Å². The maximum absolute atomic E-state index is 12.9. The fourth-order valence-corrected chi connectivity index (χ4v) is 2.93. The van der Waals surface area contributed by atoms with Crippen molar-refractivity contribution in [3.8, 4) is 0 Å². The predicted octanol–water partition coefficient (Wildman–Crippen LogP) is 1.67. The first kappa shape index (κ1) is 17.0. The summed E-state index contributed by atoms with van der Waals surface area (Å²) in [6, 6.07) is 6.66. The summed E-state index contributed by atoms with van der Waals surface area (Å²) in [5, 5.41) is 0. The van der Waals surface area contributed by atoms with E-state index in [0.29, 0.717) is 6.07 Å². The molecule has 2 rings (SSSR count). The van der Waals surface area contributed by atoms with Crippen molar-refractivity contribution in [3.05, 3.63) is 53.9 Å². The topological polar surface area (TPSA) is 80.2 Å². The molecule has 0 atom stereocenters. The van der Waals surface area contributed by atoms with E-state index in [0.717, 1.165) is 18.2 Å². The number of hydrogen-bond acceptors (Lipinski definition) is 3. The Morgan fingerprint density at radius 3 is 2.35 bits per heavy atom. The monoisotopic (exact) mass is 347 g/mol. The van der Waals surface area contributed by atoms with E-state index in [1.807, 2.05) is 5.43 Å². The Bertz CT molecular complexity index is 828. The molecular weight excluding hydrogens is 335 g/mol. The highest BCUT2D eigenvalue weighted by atomic mass is 32.2. The summed E-state index contributed by atoms with van der Waals surface area (Å²) in [5.74, 6) is -0.800. The van der Waals surface area contributed by atoms with Crippen LogP contribution in [-0.4, -0.2) is 18.9 Å². The third-order valence-corrected chi connectivity index (χ3v) is 4.26. The summed E-state index contributed by atoms with van der Waals surface area (Å²) in [7, 11) is -3.03. The number of carbonyl (C=O) groups is 1. The molecule has 0 saturated carbocycles. The van der Waals surface area contributed by atoms with Gasteiger partial charge in [0.25, 0.3) is 15.9 Å². The van der Waals surface area contributed by atoms with Crippen molar-refractivity contribution in [2.45, 2.75) is 11.1 Å². The third kappa shape index (κ3) is 3.71. The average Bonchev–Trinajstić information content (AvgIpc) is 2.90. The van der Waals surface area contributed by atoms with Gasteiger partial charge < -0.3 is 4.57 Å².